The summed E-state index contributed by atoms with van der Waals surface area (Å²) in [4.78, 5) is 6.80. The summed E-state index contributed by atoms with van der Waals surface area (Å²) in [5, 5.41) is 21.7. The average Bonchev–Trinajstić information content (AvgIpc) is 2.65. The first-order valence-electron chi connectivity index (χ1n) is 8.63. The van der Waals surface area contributed by atoms with E-state index in [9.17, 15) is 10.5 Å². The number of pyridine rings is 1. The van der Waals surface area contributed by atoms with Crippen molar-refractivity contribution in [3.63, 3.8) is 0 Å². The quantitative estimate of drug-likeness (QED) is 0.915. The van der Waals surface area contributed by atoms with Crippen LogP contribution < -0.4 is 10.2 Å². The third kappa shape index (κ3) is 3.93. The molecule has 0 radical (unpaired) electrons. The molecule has 3 rings (SSSR count). The molecule has 6 heteroatoms. The van der Waals surface area contributed by atoms with E-state index in [-0.39, 0.29) is 12.2 Å². The topological polar surface area (TPSA) is 85.0 Å². The van der Waals surface area contributed by atoms with Gasteiger partial charge in [0.2, 0.25) is 0 Å². The highest BCUT2D eigenvalue weighted by Gasteiger charge is 2.22. The van der Waals surface area contributed by atoms with Crippen LogP contribution in [0.3, 0.4) is 0 Å². The van der Waals surface area contributed by atoms with E-state index in [0.717, 1.165) is 24.5 Å². The van der Waals surface area contributed by atoms with Gasteiger partial charge in [-0.1, -0.05) is 12.1 Å². The minimum absolute atomic E-state index is 0.189. The monoisotopic (exact) mass is 347 g/mol. The highest BCUT2D eigenvalue weighted by Crippen LogP contribution is 2.22. The van der Waals surface area contributed by atoms with Gasteiger partial charge in [-0.05, 0) is 37.6 Å². The number of nitriles is 2. The molecule has 0 saturated carbocycles. The zero-order valence-corrected chi connectivity index (χ0v) is 14.9. The maximum atomic E-state index is 9.23. The van der Waals surface area contributed by atoms with E-state index in [1.54, 1.807) is 18.2 Å². The molecular weight excluding hydrogens is 326 g/mol. The summed E-state index contributed by atoms with van der Waals surface area (Å²) in [5.74, 6) is 0.936. The highest BCUT2D eigenvalue weighted by molar-refractivity contribution is 5.66. The Morgan fingerprint density at radius 2 is 1.77 bits per heavy atom. The van der Waals surface area contributed by atoms with E-state index in [4.69, 9.17) is 4.74 Å². The number of benzene rings is 1. The molecule has 132 valence electrons. The highest BCUT2D eigenvalue weighted by atomic mass is 16.5. The fourth-order valence-electron chi connectivity index (χ4n) is 3.19. The molecule has 1 aromatic carbocycles. The summed E-state index contributed by atoms with van der Waals surface area (Å²) in [5.41, 5.74) is 2.48. The van der Waals surface area contributed by atoms with E-state index < -0.39 is 0 Å². The van der Waals surface area contributed by atoms with Gasteiger partial charge in [-0.2, -0.15) is 10.5 Å². The second-order valence-electron chi connectivity index (χ2n) is 6.49. The molecule has 1 aromatic heterocycles. The summed E-state index contributed by atoms with van der Waals surface area (Å²) in [6, 6.07) is 13.4. The molecule has 0 spiro atoms. The lowest BCUT2D eigenvalue weighted by atomic mass is 10.1. The van der Waals surface area contributed by atoms with Crippen molar-refractivity contribution in [1.82, 2.24) is 4.98 Å². The molecule has 1 aliphatic rings. The Labute approximate surface area is 153 Å². The smallest absolute Gasteiger partial charge is 0.128 e. The summed E-state index contributed by atoms with van der Waals surface area (Å²) >= 11 is 0. The number of rotatable bonds is 4. The number of nitrogens with one attached hydrogen (secondary N) is 1. The Morgan fingerprint density at radius 1 is 1.12 bits per heavy atom. The third-order valence-corrected chi connectivity index (χ3v) is 4.33. The van der Waals surface area contributed by atoms with Gasteiger partial charge in [0.1, 0.15) is 18.0 Å². The second kappa shape index (κ2) is 7.86. The lowest BCUT2D eigenvalue weighted by Gasteiger charge is -2.36. The first-order valence-corrected chi connectivity index (χ1v) is 8.63. The standard InChI is InChI=1S/C20H21N5O/c1-14-12-25(13-15(2)26-14)19-7-6-16(10-23-19)11-24-20-17(8-21)4-3-5-18(20)9-22/h3-7,10,14-15,24H,11-13H2,1-2H3. The molecule has 0 bridgehead atoms. The number of hydrogen-bond donors (Lipinski definition) is 1. The van der Waals surface area contributed by atoms with Crippen LogP contribution in [0.2, 0.25) is 0 Å². The molecule has 2 aromatic rings. The van der Waals surface area contributed by atoms with Gasteiger partial charge in [0, 0.05) is 25.8 Å². The first kappa shape index (κ1) is 17.7. The van der Waals surface area contributed by atoms with Gasteiger partial charge in [0.05, 0.1) is 29.0 Å². The Hall–Kier alpha value is -3.09. The number of nitrogens with zero attached hydrogens (tertiary/aromatic N) is 4. The number of para-hydroxylation sites is 1. The van der Waals surface area contributed by atoms with Crippen LogP contribution in [0.1, 0.15) is 30.5 Å². The molecule has 1 aliphatic heterocycles. The van der Waals surface area contributed by atoms with Crippen molar-refractivity contribution in [2.45, 2.75) is 32.6 Å². The zero-order valence-electron chi connectivity index (χ0n) is 14.9. The van der Waals surface area contributed by atoms with Gasteiger partial charge in [-0.3, -0.25) is 0 Å². The predicted octanol–water partition coefficient (Wildman–Crippen LogP) is 3.05. The van der Waals surface area contributed by atoms with Crippen molar-refractivity contribution in [3.05, 3.63) is 53.2 Å². The summed E-state index contributed by atoms with van der Waals surface area (Å²) in [6.07, 6.45) is 2.20. The number of hydrogen-bond acceptors (Lipinski definition) is 6. The van der Waals surface area contributed by atoms with Gasteiger partial charge in [-0.15, -0.1) is 0 Å². The van der Waals surface area contributed by atoms with Crippen LogP contribution in [0, 0.1) is 22.7 Å². The maximum absolute atomic E-state index is 9.23. The number of morpholine rings is 1. The van der Waals surface area contributed by atoms with Crippen LogP contribution >= 0.6 is 0 Å². The third-order valence-electron chi connectivity index (χ3n) is 4.33. The zero-order chi connectivity index (χ0) is 18.5. The van der Waals surface area contributed by atoms with E-state index in [2.05, 4.69) is 41.2 Å². The fraction of sp³-hybridized carbons (Fsp3) is 0.350. The summed E-state index contributed by atoms with van der Waals surface area (Å²) in [6.45, 7) is 6.29. The molecule has 1 saturated heterocycles. The van der Waals surface area contributed by atoms with E-state index in [0.29, 0.717) is 23.4 Å². The first-order chi connectivity index (χ1) is 12.6. The predicted molar refractivity (Wildman–Crippen MR) is 99.7 cm³/mol. The SMILES string of the molecule is CC1CN(c2ccc(CNc3c(C#N)cccc3C#N)cn2)CC(C)O1. The van der Waals surface area contributed by atoms with E-state index in [1.165, 1.54) is 0 Å². The lowest BCUT2D eigenvalue weighted by molar-refractivity contribution is -0.00545. The summed E-state index contributed by atoms with van der Waals surface area (Å²) in [7, 11) is 0. The minimum atomic E-state index is 0.189. The van der Waals surface area contributed by atoms with Crippen LogP contribution in [0.25, 0.3) is 0 Å². The molecule has 6 nitrogen and oxygen atoms in total. The van der Waals surface area contributed by atoms with Crippen LogP contribution in [0.5, 0.6) is 0 Å². The van der Waals surface area contributed by atoms with E-state index in [1.807, 2.05) is 18.3 Å². The normalized spacial score (nSPS) is 19.5. The molecule has 2 unspecified atom stereocenters. The van der Waals surface area contributed by atoms with Gasteiger partial charge in [0.25, 0.3) is 0 Å². The molecule has 2 heterocycles. The molecule has 2 atom stereocenters. The van der Waals surface area contributed by atoms with Crippen molar-refractivity contribution in [2.24, 2.45) is 0 Å². The molecule has 1 fully saturated rings. The lowest BCUT2D eigenvalue weighted by Crippen LogP contribution is -2.45. The van der Waals surface area contributed by atoms with Crippen LogP contribution in [0.15, 0.2) is 36.5 Å². The number of anilines is 2. The number of aromatic nitrogens is 1. The van der Waals surface area contributed by atoms with Gasteiger partial charge in [0.15, 0.2) is 0 Å². The van der Waals surface area contributed by atoms with Gasteiger partial charge in [-0.25, -0.2) is 4.98 Å². The second-order valence-corrected chi connectivity index (χ2v) is 6.49. The Bertz CT molecular complexity index is 808. The maximum Gasteiger partial charge on any atom is 0.128 e. The molecule has 0 amide bonds. The van der Waals surface area contributed by atoms with Crippen LogP contribution in [-0.4, -0.2) is 30.3 Å². The Morgan fingerprint density at radius 3 is 2.31 bits per heavy atom. The van der Waals surface area contributed by atoms with E-state index >= 15 is 0 Å². The van der Waals surface area contributed by atoms with Crippen LogP contribution in [-0.2, 0) is 11.3 Å². The Balaban J connectivity index is 1.70. The number of ether oxygens (including phenoxy) is 1. The average molecular weight is 347 g/mol. The van der Waals surface area contributed by atoms with Crippen molar-refractivity contribution < 1.29 is 4.74 Å². The minimum Gasteiger partial charge on any atom is -0.379 e. The van der Waals surface area contributed by atoms with Crippen molar-refractivity contribution in [2.75, 3.05) is 23.3 Å². The van der Waals surface area contributed by atoms with Gasteiger partial charge >= 0.3 is 0 Å². The van der Waals surface area contributed by atoms with Gasteiger partial charge < -0.3 is 15.0 Å². The molecule has 0 aliphatic carbocycles. The van der Waals surface area contributed by atoms with Crippen LogP contribution in [0.4, 0.5) is 11.5 Å². The van der Waals surface area contributed by atoms with Crippen molar-refractivity contribution >= 4 is 11.5 Å². The van der Waals surface area contributed by atoms with Crippen molar-refractivity contribution in [1.29, 1.82) is 10.5 Å². The molecule has 1 N–H and O–H groups in total. The fourth-order valence-corrected chi connectivity index (χ4v) is 3.19. The van der Waals surface area contributed by atoms with Crippen molar-refractivity contribution in [3.8, 4) is 12.1 Å². The largest absolute Gasteiger partial charge is 0.379 e. The molecule has 26 heavy (non-hydrogen) atoms. The molecular formula is C20H21N5O. The summed E-state index contributed by atoms with van der Waals surface area (Å²) < 4.78 is 5.76. The Kier molecular flexibility index (Phi) is 5.36.